The lowest BCUT2D eigenvalue weighted by Gasteiger charge is -1.89. The maximum atomic E-state index is 10.3. The van der Waals surface area contributed by atoms with Crippen LogP contribution < -0.4 is 0 Å². The largest absolute Gasteiger partial charge is 0.458 e. The Balaban J connectivity index is 2.14. The van der Waals surface area contributed by atoms with Gasteiger partial charge in [-0.2, -0.15) is 0 Å². The molecule has 0 unspecified atom stereocenters. The molecule has 3 nitrogen and oxygen atoms in total. The Bertz CT molecular complexity index is 391. The molecule has 2 aromatic heterocycles. The van der Waals surface area contributed by atoms with Crippen LogP contribution in [0.15, 0.2) is 28.1 Å². The molecule has 0 saturated heterocycles. The van der Waals surface area contributed by atoms with Crippen LogP contribution in [0.25, 0.3) is 0 Å². The zero-order valence-electron chi connectivity index (χ0n) is 6.77. The minimum Gasteiger partial charge on any atom is -0.458 e. The smallest absolute Gasteiger partial charge is 0.185 e. The number of furan rings is 1. The molecule has 0 amide bonds. The van der Waals surface area contributed by atoms with Gasteiger partial charge >= 0.3 is 0 Å². The van der Waals surface area contributed by atoms with E-state index in [-0.39, 0.29) is 0 Å². The van der Waals surface area contributed by atoms with Crippen molar-refractivity contribution in [2.45, 2.75) is 6.42 Å². The summed E-state index contributed by atoms with van der Waals surface area (Å²) < 4.78 is 5.20. The maximum absolute atomic E-state index is 10.3. The van der Waals surface area contributed by atoms with Crippen molar-refractivity contribution in [2.24, 2.45) is 0 Å². The molecule has 2 heterocycles. The molecular formula is C9H7NO2S. The quantitative estimate of drug-likeness (QED) is 0.701. The average Bonchev–Trinajstić information content (AvgIpc) is 2.76. The summed E-state index contributed by atoms with van der Waals surface area (Å²) in [5.74, 6) is 1.14. The van der Waals surface area contributed by atoms with Crippen LogP contribution in [-0.4, -0.2) is 11.3 Å². The fourth-order valence-electron chi connectivity index (χ4n) is 1.04. The molecule has 0 aromatic carbocycles. The minimum atomic E-state index is 0.367. The van der Waals surface area contributed by atoms with Gasteiger partial charge in [-0.25, -0.2) is 4.98 Å². The van der Waals surface area contributed by atoms with E-state index in [4.69, 9.17) is 4.42 Å². The standard InChI is InChI=1S/C9H7NO2S/c11-6-8-2-1-7(12-8)5-9-10-3-4-13-9/h1-4,6H,5H2. The summed E-state index contributed by atoms with van der Waals surface area (Å²) in [4.78, 5) is 14.4. The number of hydrogen-bond donors (Lipinski definition) is 0. The maximum Gasteiger partial charge on any atom is 0.185 e. The topological polar surface area (TPSA) is 43.1 Å². The monoisotopic (exact) mass is 193 g/mol. The van der Waals surface area contributed by atoms with Crippen molar-refractivity contribution in [1.29, 1.82) is 0 Å². The van der Waals surface area contributed by atoms with Crippen LogP contribution in [0, 0.1) is 0 Å². The molecular weight excluding hydrogens is 186 g/mol. The first-order valence-corrected chi connectivity index (χ1v) is 4.69. The van der Waals surface area contributed by atoms with Gasteiger partial charge < -0.3 is 4.42 Å². The van der Waals surface area contributed by atoms with E-state index in [1.165, 1.54) is 0 Å². The molecule has 0 spiro atoms. The Labute approximate surface area is 79.0 Å². The van der Waals surface area contributed by atoms with Crippen molar-refractivity contribution in [1.82, 2.24) is 4.98 Å². The zero-order valence-corrected chi connectivity index (χ0v) is 7.58. The van der Waals surface area contributed by atoms with Crippen molar-refractivity contribution in [3.05, 3.63) is 40.2 Å². The van der Waals surface area contributed by atoms with Gasteiger partial charge in [0, 0.05) is 11.6 Å². The highest BCUT2D eigenvalue weighted by molar-refractivity contribution is 7.09. The lowest BCUT2D eigenvalue weighted by Crippen LogP contribution is -1.82. The third-order valence-corrected chi connectivity index (χ3v) is 2.39. The Hall–Kier alpha value is -1.42. The molecule has 0 aliphatic heterocycles. The number of nitrogens with zero attached hydrogens (tertiary/aromatic N) is 1. The van der Waals surface area contributed by atoms with E-state index in [9.17, 15) is 4.79 Å². The van der Waals surface area contributed by atoms with Gasteiger partial charge in [0.2, 0.25) is 0 Å². The number of hydrogen-bond acceptors (Lipinski definition) is 4. The van der Waals surface area contributed by atoms with Crippen molar-refractivity contribution in [3.63, 3.8) is 0 Å². The van der Waals surface area contributed by atoms with Crippen LogP contribution in [0.4, 0.5) is 0 Å². The Morgan fingerprint density at radius 2 is 2.46 bits per heavy atom. The molecule has 0 N–H and O–H groups in total. The van der Waals surface area contributed by atoms with E-state index >= 15 is 0 Å². The van der Waals surface area contributed by atoms with Crippen LogP contribution in [0.1, 0.15) is 21.3 Å². The lowest BCUT2D eigenvalue weighted by molar-refractivity contribution is 0.109. The highest BCUT2D eigenvalue weighted by Crippen LogP contribution is 2.13. The molecule has 0 fully saturated rings. The van der Waals surface area contributed by atoms with Gasteiger partial charge in [-0.05, 0) is 12.1 Å². The van der Waals surface area contributed by atoms with E-state index < -0.39 is 0 Å². The van der Waals surface area contributed by atoms with Crippen molar-refractivity contribution in [2.75, 3.05) is 0 Å². The number of carbonyl (C=O) groups is 1. The van der Waals surface area contributed by atoms with Gasteiger partial charge in [0.15, 0.2) is 12.0 Å². The number of carbonyl (C=O) groups excluding carboxylic acids is 1. The molecule has 13 heavy (non-hydrogen) atoms. The van der Waals surface area contributed by atoms with Crippen molar-refractivity contribution in [3.8, 4) is 0 Å². The van der Waals surface area contributed by atoms with Gasteiger partial charge in [0.25, 0.3) is 0 Å². The van der Waals surface area contributed by atoms with Crippen LogP contribution in [0.3, 0.4) is 0 Å². The van der Waals surface area contributed by atoms with Gasteiger partial charge in [0.05, 0.1) is 11.4 Å². The Kier molecular flexibility index (Phi) is 2.23. The summed E-state index contributed by atoms with van der Waals surface area (Å²) in [6, 6.07) is 3.46. The first-order chi connectivity index (χ1) is 6.38. The second kappa shape index (κ2) is 3.53. The zero-order chi connectivity index (χ0) is 9.10. The van der Waals surface area contributed by atoms with E-state index in [1.807, 2.05) is 5.38 Å². The fourth-order valence-corrected chi connectivity index (χ4v) is 1.67. The summed E-state index contributed by atoms with van der Waals surface area (Å²) >= 11 is 1.58. The van der Waals surface area contributed by atoms with Gasteiger partial charge in [-0.3, -0.25) is 4.79 Å². The Morgan fingerprint density at radius 3 is 3.08 bits per heavy atom. The Morgan fingerprint density at radius 1 is 1.54 bits per heavy atom. The average molecular weight is 193 g/mol. The van der Waals surface area contributed by atoms with Crippen LogP contribution in [-0.2, 0) is 6.42 Å². The molecule has 66 valence electrons. The molecule has 0 bridgehead atoms. The summed E-state index contributed by atoms with van der Waals surface area (Å²) in [7, 11) is 0. The number of aromatic nitrogens is 1. The summed E-state index contributed by atoms with van der Waals surface area (Å²) in [6.45, 7) is 0. The molecule has 0 saturated carbocycles. The highest BCUT2D eigenvalue weighted by Gasteiger charge is 2.03. The second-order valence-corrected chi connectivity index (χ2v) is 3.50. The van der Waals surface area contributed by atoms with Crippen LogP contribution in [0.5, 0.6) is 0 Å². The van der Waals surface area contributed by atoms with E-state index in [0.717, 1.165) is 10.8 Å². The SMILES string of the molecule is O=Cc1ccc(Cc2nccs2)o1. The predicted molar refractivity (Wildman–Crippen MR) is 49.0 cm³/mol. The van der Waals surface area contributed by atoms with Crippen molar-refractivity contribution < 1.29 is 9.21 Å². The fraction of sp³-hybridized carbons (Fsp3) is 0.111. The van der Waals surface area contributed by atoms with E-state index in [2.05, 4.69) is 4.98 Å². The molecule has 0 aliphatic carbocycles. The molecule has 0 radical (unpaired) electrons. The second-order valence-electron chi connectivity index (χ2n) is 2.52. The molecule has 4 heteroatoms. The summed E-state index contributed by atoms with van der Waals surface area (Å²) in [6.07, 6.45) is 3.11. The number of rotatable bonds is 3. The molecule has 0 atom stereocenters. The summed E-state index contributed by atoms with van der Waals surface area (Å²) in [5, 5.41) is 2.91. The number of thiazole rings is 1. The summed E-state index contributed by atoms with van der Waals surface area (Å²) in [5.41, 5.74) is 0. The van der Waals surface area contributed by atoms with Crippen LogP contribution in [0.2, 0.25) is 0 Å². The van der Waals surface area contributed by atoms with Gasteiger partial charge in [0.1, 0.15) is 5.76 Å². The number of aldehydes is 1. The molecule has 2 aromatic rings. The highest BCUT2D eigenvalue weighted by atomic mass is 32.1. The third kappa shape index (κ3) is 1.84. The van der Waals surface area contributed by atoms with Crippen molar-refractivity contribution >= 4 is 17.6 Å². The van der Waals surface area contributed by atoms with Gasteiger partial charge in [-0.15, -0.1) is 11.3 Å². The van der Waals surface area contributed by atoms with E-state index in [0.29, 0.717) is 18.5 Å². The first-order valence-electron chi connectivity index (χ1n) is 3.81. The lowest BCUT2D eigenvalue weighted by atomic mass is 10.3. The first kappa shape index (κ1) is 8.19. The van der Waals surface area contributed by atoms with Crippen LogP contribution >= 0.6 is 11.3 Å². The normalized spacial score (nSPS) is 10.2. The molecule has 0 aliphatic rings. The minimum absolute atomic E-state index is 0.367. The molecule has 2 rings (SSSR count). The van der Waals surface area contributed by atoms with Gasteiger partial charge in [-0.1, -0.05) is 0 Å². The third-order valence-electron chi connectivity index (χ3n) is 1.61. The van der Waals surface area contributed by atoms with E-state index in [1.54, 1.807) is 29.7 Å². The predicted octanol–water partition coefficient (Wildman–Crippen LogP) is 2.14.